The predicted octanol–water partition coefficient (Wildman–Crippen LogP) is 1.26. The fourth-order valence-electron chi connectivity index (χ4n) is 1.71. The number of nitrogens with one attached hydrogen (secondary N) is 1. The molecule has 0 bridgehead atoms. The van der Waals surface area contributed by atoms with Crippen molar-refractivity contribution < 1.29 is 4.74 Å². The van der Waals surface area contributed by atoms with Crippen LogP contribution in [-0.4, -0.2) is 36.8 Å². The van der Waals surface area contributed by atoms with E-state index in [1.54, 1.807) is 0 Å². The van der Waals surface area contributed by atoms with Crippen molar-refractivity contribution in [1.29, 1.82) is 0 Å². The molecule has 0 radical (unpaired) electrons. The molecular weight excluding hydrogens is 170 g/mol. The lowest BCUT2D eigenvalue weighted by Crippen LogP contribution is -2.52. The second-order valence-electron chi connectivity index (χ2n) is 3.86. The highest BCUT2D eigenvalue weighted by Gasteiger charge is 2.36. The summed E-state index contributed by atoms with van der Waals surface area (Å²) in [7, 11) is 0. The first-order valence-corrected chi connectivity index (χ1v) is 5.93. The van der Waals surface area contributed by atoms with Crippen molar-refractivity contribution in [2.24, 2.45) is 0 Å². The molecule has 0 unspecified atom stereocenters. The third kappa shape index (κ3) is 1.63. The van der Waals surface area contributed by atoms with E-state index in [2.05, 4.69) is 11.6 Å². The highest BCUT2D eigenvalue weighted by atomic mass is 32.2. The smallest absolute Gasteiger partial charge is 0.0643 e. The van der Waals surface area contributed by atoms with Crippen LogP contribution in [0.3, 0.4) is 0 Å². The van der Waals surface area contributed by atoms with Gasteiger partial charge in [0.05, 0.1) is 19.3 Å². The Morgan fingerprint density at radius 1 is 1.50 bits per heavy atom. The maximum Gasteiger partial charge on any atom is 0.0643 e. The van der Waals surface area contributed by atoms with Crippen LogP contribution in [0, 0.1) is 0 Å². The summed E-state index contributed by atoms with van der Waals surface area (Å²) in [6.45, 7) is 3.02. The summed E-state index contributed by atoms with van der Waals surface area (Å²) in [4.78, 5) is 0. The zero-order valence-corrected chi connectivity index (χ0v) is 8.45. The van der Waals surface area contributed by atoms with E-state index in [9.17, 15) is 0 Å². The Balaban J connectivity index is 1.69. The molecule has 1 aliphatic heterocycles. The van der Waals surface area contributed by atoms with Gasteiger partial charge in [0.25, 0.3) is 0 Å². The van der Waals surface area contributed by atoms with Crippen molar-refractivity contribution in [2.45, 2.75) is 30.1 Å². The van der Waals surface area contributed by atoms with E-state index >= 15 is 0 Å². The van der Waals surface area contributed by atoms with Crippen molar-refractivity contribution in [3.05, 3.63) is 0 Å². The van der Waals surface area contributed by atoms with Crippen molar-refractivity contribution in [3.63, 3.8) is 0 Å². The van der Waals surface area contributed by atoms with Crippen LogP contribution in [0.15, 0.2) is 0 Å². The number of hydrogen-bond acceptors (Lipinski definition) is 3. The summed E-state index contributed by atoms with van der Waals surface area (Å²) in [5.74, 6) is 0. The number of rotatable bonds is 4. The van der Waals surface area contributed by atoms with Crippen LogP contribution in [-0.2, 0) is 4.74 Å². The lowest BCUT2D eigenvalue weighted by Gasteiger charge is -2.42. The molecule has 0 amide bonds. The van der Waals surface area contributed by atoms with Crippen LogP contribution in [0.2, 0.25) is 0 Å². The predicted molar refractivity (Wildman–Crippen MR) is 52.7 cm³/mol. The average Bonchev–Trinajstić information content (AvgIpc) is 1.91. The van der Waals surface area contributed by atoms with Crippen molar-refractivity contribution >= 4 is 11.8 Å². The first-order valence-electron chi connectivity index (χ1n) is 4.71. The quantitative estimate of drug-likeness (QED) is 0.716. The molecule has 2 rings (SSSR count). The second-order valence-corrected chi connectivity index (χ2v) is 5.13. The molecule has 1 heterocycles. The topological polar surface area (TPSA) is 21.3 Å². The van der Waals surface area contributed by atoms with Crippen LogP contribution >= 0.6 is 11.8 Å². The van der Waals surface area contributed by atoms with Gasteiger partial charge in [-0.3, -0.25) is 0 Å². The van der Waals surface area contributed by atoms with Crippen molar-refractivity contribution in [2.75, 3.05) is 26.0 Å². The monoisotopic (exact) mass is 187 g/mol. The molecule has 2 fully saturated rings. The molecule has 0 aromatic rings. The Bertz CT molecular complexity index is 149. The lowest BCUT2D eigenvalue weighted by molar-refractivity contribution is -0.00686. The first kappa shape index (κ1) is 8.85. The molecule has 1 saturated heterocycles. The van der Waals surface area contributed by atoms with Gasteiger partial charge in [0.1, 0.15) is 0 Å². The summed E-state index contributed by atoms with van der Waals surface area (Å²) in [6, 6.07) is 0.648. The zero-order chi connectivity index (χ0) is 8.44. The molecule has 0 aromatic carbocycles. The molecule has 1 aliphatic carbocycles. The average molecular weight is 187 g/mol. The molecule has 2 nitrogen and oxygen atoms in total. The van der Waals surface area contributed by atoms with Gasteiger partial charge in [-0.25, -0.2) is 0 Å². The fourth-order valence-corrected chi connectivity index (χ4v) is 2.63. The third-order valence-electron chi connectivity index (χ3n) is 3.05. The van der Waals surface area contributed by atoms with Gasteiger partial charge in [-0.1, -0.05) is 6.42 Å². The maximum atomic E-state index is 5.12. The highest BCUT2D eigenvalue weighted by Crippen LogP contribution is 2.42. The summed E-state index contributed by atoms with van der Waals surface area (Å²) in [5.41, 5.74) is 0. The summed E-state index contributed by atoms with van der Waals surface area (Å²) < 4.78 is 5.70. The standard InChI is InChI=1S/C9H17NOS/c1-12-9(3-2-4-9)7-10-8-5-11-6-8/h8,10H,2-7H2,1H3. The summed E-state index contributed by atoms with van der Waals surface area (Å²) in [5, 5.41) is 3.57. The van der Waals surface area contributed by atoms with E-state index in [4.69, 9.17) is 4.74 Å². The van der Waals surface area contributed by atoms with E-state index in [1.165, 1.54) is 25.8 Å². The summed E-state index contributed by atoms with van der Waals surface area (Å²) in [6.07, 6.45) is 6.45. The maximum absolute atomic E-state index is 5.12. The Labute approximate surface area is 78.4 Å². The number of ether oxygens (including phenoxy) is 1. The van der Waals surface area contributed by atoms with Crippen LogP contribution in [0.5, 0.6) is 0 Å². The minimum absolute atomic E-state index is 0.579. The molecular formula is C9H17NOS. The largest absolute Gasteiger partial charge is 0.378 e. The molecule has 0 aromatic heterocycles. The van der Waals surface area contributed by atoms with Gasteiger partial charge in [0, 0.05) is 11.3 Å². The van der Waals surface area contributed by atoms with Crippen LogP contribution < -0.4 is 5.32 Å². The van der Waals surface area contributed by atoms with Gasteiger partial charge in [0.15, 0.2) is 0 Å². The SMILES string of the molecule is CSC1(CNC2COC2)CCC1. The van der Waals surface area contributed by atoms with Crippen LogP contribution in [0.4, 0.5) is 0 Å². The Kier molecular flexibility index (Phi) is 2.63. The van der Waals surface area contributed by atoms with E-state index in [0.29, 0.717) is 10.8 Å². The molecule has 1 saturated carbocycles. The van der Waals surface area contributed by atoms with Gasteiger partial charge in [-0.05, 0) is 19.1 Å². The lowest BCUT2D eigenvalue weighted by atomic mass is 9.84. The normalized spacial score (nSPS) is 27.8. The van der Waals surface area contributed by atoms with E-state index in [0.717, 1.165) is 13.2 Å². The Hall–Kier alpha value is 0.270. The first-order chi connectivity index (χ1) is 5.85. The minimum Gasteiger partial charge on any atom is -0.378 e. The molecule has 3 heteroatoms. The number of hydrogen-bond donors (Lipinski definition) is 1. The van der Waals surface area contributed by atoms with Crippen molar-refractivity contribution in [3.8, 4) is 0 Å². The van der Waals surface area contributed by atoms with E-state index in [-0.39, 0.29) is 0 Å². The van der Waals surface area contributed by atoms with Crippen LogP contribution in [0.25, 0.3) is 0 Å². The highest BCUT2D eigenvalue weighted by molar-refractivity contribution is 8.00. The molecule has 2 aliphatic rings. The van der Waals surface area contributed by atoms with E-state index < -0.39 is 0 Å². The molecule has 0 spiro atoms. The molecule has 70 valence electrons. The summed E-state index contributed by atoms with van der Waals surface area (Å²) >= 11 is 2.03. The second kappa shape index (κ2) is 3.56. The van der Waals surface area contributed by atoms with Gasteiger partial charge in [-0.15, -0.1) is 0 Å². The fraction of sp³-hybridized carbons (Fsp3) is 1.00. The number of thioether (sulfide) groups is 1. The third-order valence-corrected chi connectivity index (χ3v) is 4.47. The van der Waals surface area contributed by atoms with Crippen LogP contribution in [0.1, 0.15) is 19.3 Å². The molecule has 12 heavy (non-hydrogen) atoms. The van der Waals surface area contributed by atoms with Gasteiger partial charge < -0.3 is 10.1 Å². The Morgan fingerprint density at radius 3 is 2.58 bits per heavy atom. The van der Waals surface area contributed by atoms with Crippen molar-refractivity contribution in [1.82, 2.24) is 5.32 Å². The minimum atomic E-state index is 0.579. The molecule has 0 atom stereocenters. The Morgan fingerprint density at radius 2 is 2.25 bits per heavy atom. The molecule has 1 N–H and O–H groups in total. The van der Waals surface area contributed by atoms with Gasteiger partial charge >= 0.3 is 0 Å². The zero-order valence-electron chi connectivity index (χ0n) is 7.64. The van der Waals surface area contributed by atoms with E-state index in [1.807, 2.05) is 11.8 Å². The van der Waals surface area contributed by atoms with Gasteiger partial charge in [-0.2, -0.15) is 11.8 Å². The van der Waals surface area contributed by atoms with Gasteiger partial charge in [0.2, 0.25) is 0 Å².